The standard InChI is InChI=1S/C20H21FN2O4/c1-26-17-8-4-2-6-14(17)10-22-20(25)15-11-23(12-15)19(24)13-27-18-9-5-3-7-16(18)21/h2-9,15H,10-13H2,1H3,(H,22,25). The molecule has 27 heavy (non-hydrogen) atoms. The second kappa shape index (κ2) is 8.53. The topological polar surface area (TPSA) is 67.9 Å². The quantitative estimate of drug-likeness (QED) is 0.807. The molecule has 0 radical (unpaired) electrons. The highest BCUT2D eigenvalue weighted by Crippen LogP contribution is 2.20. The van der Waals surface area contributed by atoms with Crippen LogP contribution >= 0.6 is 0 Å². The van der Waals surface area contributed by atoms with E-state index in [1.807, 2.05) is 24.3 Å². The van der Waals surface area contributed by atoms with Crippen LogP contribution in [0.2, 0.25) is 0 Å². The molecular weight excluding hydrogens is 351 g/mol. The molecule has 1 saturated heterocycles. The van der Waals surface area contributed by atoms with Crippen LogP contribution in [0.1, 0.15) is 5.56 Å². The van der Waals surface area contributed by atoms with Crippen LogP contribution < -0.4 is 14.8 Å². The summed E-state index contributed by atoms with van der Waals surface area (Å²) in [4.78, 5) is 25.8. The molecule has 1 aliphatic heterocycles. The van der Waals surface area contributed by atoms with E-state index in [0.717, 1.165) is 5.56 Å². The monoisotopic (exact) mass is 372 g/mol. The van der Waals surface area contributed by atoms with Gasteiger partial charge in [0.2, 0.25) is 5.91 Å². The average molecular weight is 372 g/mol. The summed E-state index contributed by atoms with van der Waals surface area (Å²) in [7, 11) is 1.58. The number of carbonyl (C=O) groups is 2. The van der Waals surface area contributed by atoms with Crippen LogP contribution in [0.4, 0.5) is 4.39 Å². The number of benzene rings is 2. The summed E-state index contributed by atoms with van der Waals surface area (Å²) in [5.74, 6) is -0.391. The second-order valence-corrected chi connectivity index (χ2v) is 6.24. The molecule has 0 aromatic heterocycles. The fourth-order valence-electron chi connectivity index (χ4n) is 2.82. The molecule has 0 unspecified atom stereocenters. The van der Waals surface area contributed by atoms with Crippen molar-refractivity contribution in [3.8, 4) is 11.5 Å². The molecule has 1 fully saturated rings. The van der Waals surface area contributed by atoms with Gasteiger partial charge in [0.25, 0.3) is 5.91 Å². The van der Waals surface area contributed by atoms with E-state index in [1.165, 1.54) is 17.0 Å². The fourth-order valence-corrected chi connectivity index (χ4v) is 2.82. The van der Waals surface area contributed by atoms with Crippen molar-refractivity contribution in [3.05, 3.63) is 59.9 Å². The maximum absolute atomic E-state index is 13.5. The van der Waals surface area contributed by atoms with Gasteiger partial charge in [-0.05, 0) is 18.2 Å². The highest BCUT2D eigenvalue weighted by molar-refractivity contribution is 5.85. The van der Waals surface area contributed by atoms with Gasteiger partial charge in [-0.25, -0.2) is 4.39 Å². The molecule has 0 saturated carbocycles. The Kier molecular flexibility index (Phi) is 5.90. The average Bonchev–Trinajstić information content (AvgIpc) is 2.64. The Hall–Kier alpha value is -3.09. The zero-order chi connectivity index (χ0) is 19.2. The first kappa shape index (κ1) is 18.7. The predicted octanol–water partition coefficient (Wildman–Crippen LogP) is 1.99. The molecule has 0 bridgehead atoms. The molecule has 0 aliphatic carbocycles. The Balaban J connectivity index is 1.41. The van der Waals surface area contributed by atoms with Crippen LogP contribution in [0.5, 0.6) is 11.5 Å². The maximum atomic E-state index is 13.5. The van der Waals surface area contributed by atoms with Crippen molar-refractivity contribution < 1.29 is 23.5 Å². The van der Waals surface area contributed by atoms with Gasteiger partial charge in [0, 0.05) is 25.2 Å². The number of ether oxygens (including phenoxy) is 2. The van der Waals surface area contributed by atoms with Gasteiger partial charge in [-0.3, -0.25) is 9.59 Å². The number of rotatable bonds is 7. The Morgan fingerprint density at radius 2 is 1.78 bits per heavy atom. The number of hydrogen-bond donors (Lipinski definition) is 1. The number of hydrogen-bond acceptors (Lipinski definition) is 4. The number of amides is 2. The van der Waals surface area contributed by atoms with E-state index in [9.17, 15) is 14.0 Å². The van der Waals surface area contributed by atoms with Crippen molar-refractivity contribution >= 4 is 11.8 Å². The number of halogens is 1. The number of nitrogens with zero attached hydrogens (tertiary/aromatic N) is 1. The molecular formula is C20H21FN2O4. The van der Waals surface area contributed by atoms with Crippen LogP contribution in [0.25, 0.3) is 0 Å². The minimum atomic E-state index is -0.512. The Bertz CT molecular complexity index is 821. The minimum absolute atomic E-state index is 0.0393. The van der Waals surface area contributed by atoms with Crippen molar-refractivity contribution in [2.75, 3.05) is 26.8 Å². The lowest BCUT2D eigenvalue weighted by Gasteiger charge is -2.38. The van der Waals surface area contributed by atoms with Crippen LogP contribution in [0.3, 0.4) is 0 Å². The summed E-state index contributed by atoms with van der Waals surface area (Å²) >= 11 is 0. The van der Waals surface area contributed by atoms with Crippen molar-refractivity contribution in [1.29, 1.82) is 0 Å². The summed E-state index contributed by atoms with van der Waals surface area (Å²) in [5, 5.41) is 2.86. The third-order valence-electron chi connectivity index (χ3n) is 4.44. The summed E-state index contributed by atoms with van der Waals surface area (Å²) in [6.45, 7) is 0.772. The van der Waals surface area contributed by atoms with E-state index < -0.39 is 5.82 Å². The molecule has 3 rings (SSSR count). The number of carbonyl (C=O) groups excluding carboxylic acids is 2. The first-order valence-corrected chi connectivity index (χ1v) is 8.63. The Labute approximate surface area is 156 Å². The summed E-state index contributed by atoms with van der Waals surface area (Å²) in [6, 6.07) is 13.4. The van der Waals surface area contributed by atoms with Crippen molar-refractivity contribution in [2.45, 2.75) is 6.54 Å². The van der Waals surface area contributed by atoms with Gasteiger partial charge in [0.15, 0.2) is 18.2 Å². The largest absolute Gasteiger partial charge is 0.496 e. The lowest BCUT2D eigenvalue weighted by atomic mass is 9.99. The molecule has 142 valence electrons. The highest BCUT2D eigenvalue weighted by Gasteiger charge is 2.35. The molecule has 1 aliphatic rings. The lowest BCUT2D eigenvalue weighted by Crippen LogP contribution is -2.56. The molecule has 2 aromatic rings. The van der Waals surface area contributed by atoms with Gasteiger partial charge in [-0.1, -0.05) is 30.3 Å². The van der Waals surface area contributed by atoms with E-state index in [2.05, 4.69) is 5.32 Å². The maximum Gasteiger partial charge on any atom is 0.260 e. The molecule has 2 amide bonds. The van der Waals surface area contributed by atoms with Gasteiger partial charge in [-0.2, -0.15) is 0 Å². The van der Waals surface area contributed by atoms with Crippen LogP contribution in [-0.4, -0.2) is 43.5 Å². The normalized spacial score (nSPS) is 13.6. The molecule has 6 nitrogen and oxygen atoms in total. The Morgan fingerprint density at radius 3 is 2.48 bits per heavy atom. The number of likely N-dealkylation sites (tertiary alicyclic amines) is 1. The van der Waals surface area contributed by atoms with Crippen LogP contribution in [0, 0.1) is 11.7 Å². The van der Waals surface area contributed by atoms with Gasteiger partial charge in [0.1, 0.15) is 5.75 Å². The van der Waals surface area contributed by atoms with Crippen molar-refractivity contribution in [3.63, 3.8) is 0 Å². The predicted molar refractivity (Wildman–Crippen MR) is 96.8 cm³/mol. The summed E-state index contributed by atoms with van der Waals surface area (Å²) in [6.07, 6.45) is 0. The van der Waals surface area contributed by atoms with Crippen molar-refractivity contribution in [2.24, 2.45) is 5.92 Å². The van der Waals surface area contributed by atoms with E-state index in [-0.39, 0.29) is 30.1 Å². The second-order valence-electron chi connectivity index (χ2n) is 6.24. The van der Waals surface area contributed by atoms with Gasteiger partial charge < -0.3 is 19.7 Å². The van der Waals surface area contributed by atoms with E-state index in [4.69, 9.17) is 9.47 Å². The zero-order valence-corrected chi connectivity index (χ0v) is 15.0. The van der Waals surface area contributed by atoms with E-state index in [0.29, 0.717) is 25.4 Å². The SMILES string of the molecule is COc1ccccc1CNC(=O)C1CN(C(=O)COc2ccccc2F)C1. The minimum Gasteiger partial charge on any atom is -0.496 e. The molecule has 0 atom stereocenters. The van der Waals surface area contributed by atoms with Crippen LogP contribution in [-0.2, 0) is 16.1 Å². The first-order valence-electron chi connectivity index (χ1n) is 8.63. The van der Waals surface area contributed by atoms with Gasteiger partial charge in [0.05, 0.1) is 13.0 Å². The molecule has 0 spiro atoms. The van der Waals surface area contributed by atoms with Gasteiger partial charge in [-0.15, -0.1) is 0 Å². The highest BCUT2D eigenvalue weighted by atomic mass is 19.1. The van der Waals surface area contributed by atoms with E-state index in [1.54, 1.807) is 19.2 Å². The third kappa shape index (κ3) is 4.55. The fraction of sp³-hybridized carbons (Fsp3) is 0.300. The van der Waals surface area contributed by atoms with E-state index >= 15 is 0 Å². The van der Waals surface area contributed by atoms with Gasteiger partial charge >= 0.3 is 0 Å². The first-order chi connectivity index (χ1) is 13.1. The number of para-hydroxylation sites is 2. The zero-order valence-electron chi connectivity index (χ0n) is 15.0. The van der Waals surface area contributed by atoms with Crippen molar-refractivity contribution in [1.82, 2.24) is 10.2 Å². The third-order valence-corrected chi connectivity index (χ3v) is 4.44. The lowest BCUT2D eigenvalue weighted by molar-refractivity contribution is -0.144. The summed E-state index contributed by atoms with van der Waals surface area (Å²) in [5.41, 5.74) is 0.888. The molecule has 2 aromatic carbocycles. The smallest absolute Gasteiger partial charge is 0.260 e. The van der Waals surface area contributed by atoms with Crippen LogP contribution in [0.15, 0.2) is 48.5 Å². The Morgan fingerprint density at radius 1 is 1.11 bits per heavy atom. The number of methoxy groups -OCH3 is 1. The molecule has 7 heteroatoms. The molecule has 1 heterocycles. The summed E-state index contributed by atoms with van der Waals surface area (Å²) < 4.78 is 23.9. The molecule has 1 N–H and O–H groups in total. The number of nitrogens with one attached hydrogen (secondary N) is 1.